The van der Waals surface area contributed by atoms with Gasteiger partial charge in [0.1, 0.15) is 5.75 Å². The van der Waals surface area contributed by atoms with Crippen LogP contribution < -0.4 is 9.88 Å². The van der Waals surface area contributed by atoms with Crippen molar-refractivity contribution in [1.29, 1.82) is 0 Å². The summed E-state index contributed by atoms with van der Waals surface area (Å²) in [5.41, 5.74) is 0. The molecule has 0 heterocycles. The van der Waals surface area contributed by atoms with Crippen molar-refractivity contribution in [3.63, 3.8) is 0 Å². The van der Waals surface area contributed by atoms with Gasteiger partial charge in [0.15, 0.2) is 0 Å². The van der Waals surface area contributed by atoms with Gasteiger partial charge in [-0.25, -0.2) is 13.6 Å². The number of ether oxygens (including phenoxy) is 1. The van der Waals surface area contributed by atoms with Crippen molar-refractivity contribution in [2.45, 2.75) is 19.8 Å². The Labute approximate surface area is 117 Å². The monoisotopic (exact) mass is 335 g/mol. The molecule has 0 aliphatic rings. The lowest BCUT2D eigenvalue weighted by Gasteiger charge is -2.15. The highest BCUT2D eigenvalue weighted by atomic mass is 79.9. The molecular formula is C12H18BrNO3S. The lowest BCUT2D eigenvalue weighted by Crippen LogP contribution is -2.26. The van der Waals surface area contributed by atoms with Gasteiger partial charge in [-0.15, -0.1) is 0 Å². The van der Waals surface area contributed by atoms with Crippen LogP contribution in [-0.4, -0.2) is 20.8 Å². The summed E-state index contributed by atoms with van der Waals surface area (Å²) < 4.78 is 28.7. The van der Waals surface area contributed by atoms with Gasteiger partial charge in [0, 0.05) is 10.4 Å². The van der Waals surface area contributed by atoms with E-state index in [1.807, 2.05) is 31.2 Å². The van der Waals surface area contributed by atoms with Crippen LogP contribution in [0.25, 0.3) is 0 Å². The maximum Gasteiger partial charge on any atom is 0.209 e. The molecule has 1 rings (SSSR count). The van der Waals surface area contributed by atoms with E-state index in [-0.39, 0.29) is 11.7 Å². The molecule has 0 aliphatic heterocycles. The second kappa shape index (κ2) is 7.11. The number of hydrogen-bond donors (Lipinski definition) is 1. The van der Waals surface area contributed by atoms with Crippen molar-refractivity contribution in [3.8, 4) is 5.75 Å². The van der Waals surface area contributed by atoms with Crippen molar-refractivity contribution in [2.24, 2.45) is 11.1 Å². The minimum Gasteiger partial charge on any atom is -0.493 e. The molecular weight excluding hydrogens is 318 g/mol. The van der Waals surface area contributed by atoms with Crippen LogP contribution in [0.3, 0.4) is 0 Å². The zero-order valence-electron chi connectivity index (χ0n) is 10.3. The maximum absolute atomic E-state index is 11.1. The van der Waals surface area contributed by atoms with Gasteiger partial charge in [-0.2, -0.15) is 0 Å². The lowest BCUT2D eigenvalue weighted by molar-refractivity contribution is 0.252. The highest BCUT2D eigenvalue weighted by molar-refractivity contribution is 9.10. The van der Waals surface area contributed by atoms with Crippen LogP contribution in [0.15, 0.2) is 28.7 Å². The predicted molar refractivity (Wildman–Crippen MR) is 76.0 cm³/mol. The smallest absolute Gasteiger partial charge is 0.209 e. The molecule has 0 fully saturated rings. The first-order chi connectivity index (χ1) is 8.40. The van der Waals surface area contributed by atoms with E-state index in [0.29, 0.717) is 6.61 Å². The lowest BCUT2D eigenvalue weighted by atomic mass is 10.1. The normalized spacial score (nSPS) is 13.3. The number of sulfonamides is 1. The average Bonchev–Trinajstić information content (AvgIpc) is 2.26. The summed E-state index contributed by atoms with van der Waals surface area (Å²) in [4.78, 5) is 0. The topological polar surface area (TPSA) is 69.4 Å². The molecule has 0 spiro atoms. The standard InChI is InChI=1S/C12H18BrNO3S/c1-2-3-10(9-18(14,15)16)8-17-12-6-4-11(13)5-7-12/h4-7,10H,2-3,8-9H2,1H3,(H2,14,15,16). The molecule has 0 saturated heterocycles. The molecule has 1 unspecified atom stereocenters. The van der Waals surface area contributed by atoms with E-state index in [2.05, 4.69) is 15.9 Å². The summed E-state index contributed by atoms with van der Waals surface area (Å²) in [5, 5.41) is 5.07. The minimum atomic E-state index is -3.44. The number of nitrogens with two attached hydrogens (primary N) is 1. The van der Waals surface area contributed by atoms with Gasteiger partial charge in [0.05, 0.1) is 12.4 Å². The van der Waals surface area contributed by atoms with E-state index in [1.54, 1.807) is 0 Å². The summed E-state index contributed by atoms with van der Waals surface area (Å²) in [7, 11) is -3.44. The van der Waals surface area contributed by atoms with Gasteiger partial charge in [-0.3, -0.25) is 0 Å². The van der Waals surface area contributed by atoms with Crippen LogP contribution in [-0.2, 0) is 10.0 Å². The summed E-state index contributed by atoms with van der Waals surface area (Å²) >= 11 is 3.34. The van der Waals surface area contributed by atoms with Crippen LogP contribution in [0.4, 0.5) is 0 Å². The third kappa shape index (κ3) is 6.37. The van der Waals surface area contributed by atoms with Crippen molar-refractivity contribution in [3.05, 3.63) is 28.7 Å². The Bertz CT molecular complexity index is 459. The molecule has 2 N–H and O–H groups in total. The zero-order chi connectivity index (χ0) is 13.6. The molecule has 0 saturated carbocycles. The number of primary sulfonamides is 1. The predicted octanol–water partition coefficient (Wildman–Crippen LogP) is 2.53. The Balaban J connectivity index is 2.54. The van der Waals surface area contributed by atoms with Crippen LogP contribution in [0.5, 0.6) is 5.75 Å². The SMILES string of the molecule is CCCC(COc1ccc(Br)cc1)CS(N)(=O)=O. The molecule has 18 heavy (non-hydrogen) atoms. The van der Waals surface area contributed by atoms with Crippen molar-refractivity contribution >= 4 is 26.0 Å². The van der Waals surface area contributed by atoms with E-state index < -0.39 is 10.0 Å². The molecule has 1 aromatic carbocycles. The summed E-state index contributed by atoms with van der Waals surface area (Å²) in [6.45, 7) is 2.38. The zero-order valence-corrected chi connectivity index (χ0v) is 12.7. The molecule has 0 bridgehead atoms. The molecule has 6 heteroatoms. The van der Waals surface area contributed by atoms with Crippen LogP contribution in [0.2, 0.25) is 0 Å². The Morgan fingerprint density at radius 2 is 1.94 bits per heavy atom. The van der Waals surface area contributed by atoms with Crippen LogP contribution in [0.1, 0.15) is 19.8 Å². The van der Waals surface area contributed by atoms with E-state index in [9.17, 15) is 8.42 Å². The van der Waals surface area contributed by atoms with E-state index >= 15 is 0 Å². The van der Waals surface area contributed by atoms with Crippen LogP contribution >= 0.6 is 15.9 Å². The molecule has 0 amide bonds. The van der Waals surface area contributed by atoms with Gasteiger partial charge in [0.2, 0.25) is 10.0 Å². The number of rotatable bonds is 7. The summed E-state index contributed by atoms with van der Waals surface area (Å²) in [6.07, 6.45) is 1.69. The van der Waals surface area contributed by atoms with Gasteiger partial charge >= 0.3 is 0 Å². The quantitative estimate of drug-likeness (QED) is 0.832. The second-order valence-corrected chi connectivity index (χ2v) is 6.82. The fraction of sp³-hybridized carbons (Fsp3) is 0.500. The number of halogens is 1. The Kier molecular flexibility index (Phi) is 6.11. The fourth-order valence-electron chi connectivity index (χ4n) is 1.70. The first-order valence-electron chi connectivity index (χ1n) is 5.79. The van der Waals surface area contributed by atoms with Crippen molar-refractivity contribution < 1.29 is 13.2 Å². The van der Waals surface area contributed by atoms with E-state index in [0.717, 1.165) is 23.1 Å². The molecule has 0 aromatic heterocycles. The second-order valence-electron chi connectivity index (χ2n) is 4.25. The van der Waals surface area contributed by atoms with Gasteiger partial charge in [-0.05, 0) is 30.7 Å². The Morgan fingerprint density at radius 3 is 2.44 bits per heavy atom. The number of benzene rings is 1. The number of hydrogen-bond acceptors (Lipinski definition) is 3. The minimum absolute atomic E-state index is 0.0304. The summed E-state index contributed by atoms with van der Waals surface area (Å²) in [5.74, 6) is 0.638. The first-order valence-corrected chi connectivity index (χ1v) is 8.30. The van der Waals surface area contributed by atoms with Crippen LogP contribution in [0, 0.1) is 5.92 Å². The van der Waals surface area contributed by atoms with E-state index in [1.165, 1.54) is 0 Å². The molecule has 1 atom stereocenters. The molecule has 0 aliphatic carbocycles. The third-order valence-corrected chi connectivity index (χ3v) is 3.93. The molecule has 102 valence electrons. The fourth-order valence-corrected chi connectivity index (χ4v) is 2.88. The first kappa shape index (κ1) is 15.5. The van der Waals surface area contributed by atoms with Crippen molar-refractivity contribution in [1.82, 2.24) is 0 Å². The Morgan fingerprint density at radius 1 is 1.33 bits per heavy atom. The van der Waals surface area contributed by atoms with Gasteiger partial charge < -0.3 is 4.74 Å². The van der Waals surface area contributed by atoms with Gasteiger partial charge in [-0.1, -0.05) is 29.3 Å². The van der Waals surface area contributed by atoms with Crippen molar-refractivity contribution in [2.75, 3.05) is 12.4 Å². The molecule has 4 nitrogen and oxygen atoms in total. The highest BCUT2D eigenvalue weighted by Crippen LogP contribution is 2.18. The molecule has 1 aromatic rings. The van der Waals surface area contributed by atoms with Gasteiger partial charge in [0.25, 0.3) is 0 Å². The largest absolute Gasteiger partial charge is 0.493 e. The Hall–Kier alpha value is -0.590. The summed E-state index contributed by atoms with van der Waals surface area (Å²) in [6, 6.07) is 7.43. The highest BCUT2D eigenvalue weighted by Gasteiger charge is 2.16. The maximum atomic E-state index is 11.1. The average molecular weight is 336 g/mol. The molecule has 0 radical (unpaired) electrons. The van der Waals surface area contributed by atoms with E-state index in [4.69, 9.17) is 9.88 Å². The third-order valence-electron chi connectivity index (χ3n) is 2.46.